The molecular weight excluding hydrogens is 256 g/mol. The summed E-state index contributed by atoms with van der Waals surface area (Å²) in [6.45, 7) is 5.53. The van der Waals surface area contributed by atoms with Crippen LogP contribution < -0.4 is 10.1 Å². The second kappa shape index (κ2) is 8.32. The molecule has 0 saturated carbocycles. The highest BCUT2D eigenvalue weighted by atomic mass is 16.5. The summed E-state index contributed by atoms with van der Waals surface area (Å²) < 4.78 is 5.06. The van der Waals surface area contributed by atoms with E-state index in [1.165, 1.54) is 0 Å². The van der Waals surface area contributed by atoms with Gasteiger partial charge in [0.2, 0.25) is 5.91 Å². The molecule has 0 aliphatic rings. The van der Waals surface area contributed by atoms with Crippen molar-refractivity contribution in [1.29, 1.82) is 0 Å². The maximum absolute atomic E-state index is 12.1. The summed E-state index contributed by atoms with van der Waals surface area (Å²) in [5.74, 6) is 0.659. The minimum absolute atomic E-state index is 0.00111. The lowest BCUT2D eigenvalue weighted by Crippen LogP contribution is -2.39. The molecule has 0 bridgehead atoms. The molecule has 5 nitrogen and oxygen atoms in total. The van der Waals surface area contributed by atoms with E-state index >= 15 is 0 Å². The summed E-state index contributed by atoms with van der Waals surface area (Å²) in [5, 5.41) is 2.73. The fraction of sp³-hybridized carbons (Fsp3) is 0.467. The van der Waals surface area contributed by atoms with Gasteiger partial charge in [0.25, 0.3) is 0 Å². The Balaban J connectivity index is 2.59. The average molecular weight is 278 g/mol. The van der Waals surface area contributed by atoms with Crippen molar-refractivity contribution in [3.63, 3.8) is 0 Å². The molecule has 0 fully saturated rings. The molecule has 1 amide bonds. The Morgan fingerprint density at radius 3 is 2.30 bits per heavy atom. The maximum atomic E-state index is 12.1. The van der Waals surface area contributed by atoms with Crippen molar-refractivity contribution in [2.75, 3.05) is 33.3 Å². The third-order valence-electron chi connectivity index (χ3n) is 2.97. The molecule has 1 rings (SSSR count). The number of nitrogens with one attached hydrogen (secondary N) is 1. The Morgan fingerprint density at radius 2 is 1.80 bits per heavy atom. The second-order valence-electron chi connectivity index (χ2n) is 4.41. The summed E-state index contributed by atoms with van der Waals surface area (Å²) in [5.41, 5.74) is 0.625. The van der Waals surface area contributed by atoms with Crippen LogP contribution in [0.5, 0.6) is 5.75 Å². The zero-order valence-electron chi connectivity index (χ0n) is 12.3. The number of carbonyl (C=O) groups is 2. The molecule has 0 unspecified atom stereocenters. The number of benzene rings is 1. The van der Waals surface area contributed by atoms with E-state index in [1.807, 2.05) is 18.7 Å². The number of hydrogen-bond acceptors (Lipinski definition) is 4. The van der Waals surface area contributed by atoms with Crippen LogP contribution in [0, 0.1) is 0 Å². The zero-order valence-corrected chi connectivity index (χ0v) is 12.3. The van der Waals surface area contributed by atoms with Crippen molar-refractivity contribution < 1.29 is 14.3 Å². The van der Waals surface area contributed by atoms with Crippen LogP contribution in [0.3, 0.4) is 0 Å². The molecule has 0 atom stereocenters. The monoisotopic (exact) mass is 278 g/mol. The van der Waals surface area contributed by atoms with Gasteiger partial charge in [-0.1, -0.05) is 6.92 Å². The number of hydrogen-bond donors (Lipinski definition) is 1. The Morgan fingerprint density at radius 1 is 1.15 bits per heavy atom. The van der Waals surface area contributed by atoms with E-state index < -0.39 is 0 Å². The standard InChI is InChI=1S/C15H22N2O3/c1-4-16-15(19)11-17(5-2)10-14(18)12-6-8-13(20-3)9-7-12/h6-9H,4-5,10-11H2,1-3H3,(H,16,19). The largest absolute Gasteiger partial charge is 0.497 e. The van der Waals surface area contributed by atoms with E-state index in [9.17, 15) is 9.59 Å². The Hall–Kier alpha value is -1.88. The summed E-state index contributed by atoms with van der Waals surface area (Å²) >= 11 is 0. The average Bonchev–Trinajstić information content (AvgIpc) is 2.46. The van der Waals surface area contributed by atoms with Crippen molar-refractivity contribution in [2.24, 2.45) is 0 Å². The molecule has 0 aliphatic carbocycles. The first-order valence-corrected chi connectivity index (χ1v) is 6.77. The molecule has 1 N–H and O–H groups in total. The number of nitrogens with zero attached hydrogens (tertiary/aromatic N) is 1. The van der Waals surface area contributed by atoms with Gasteiger partial charge >= 0.3 is 0 Å². The van der Waals surface area contributed by atoms with Crippen LogP contribution in [0.25, 0.3) is 0 Å². The van der Waals surface area contributed by atoms with Crippen LogP contribution in [0.15, 0.2) is 24.3 Å². The molecule has 0 saturated heterocycles. The van der Waals surface area contributed by atoms with Gasteiger partial charge in [0.05, 0.1) is 20.2 Å². The van der Waals surface area contributed by atoms with E-state index in [0.717, 1.165) is 5.75 Å². The summed E-state index contributed by atoms with van der Waals surface area (Å²) in [4.78, 5) is 25.5. The normalized spacial score (nSPS) is 10.4. The van der Waals surface area contributed by atoms with Gasteiger partial charge in [-0.25, -0.2) is 0 Å². The van der Waals surface area contributed by atoms with Gasteiger partial charge in [0, 0.05) is 12.1 Å². The van der Waals surface area contributed by atoms with Gasteiger partial charge in [0.15, 0.2) is 5.78 Å². The lowest BCUT2D eigenvalue weighted by molar-refractivity contribution is -0.121. The maximum Gasteiger partial charge on any atom is 0.234 e. The van der Waals surface area contributed by atoms with Gasteiger partial charge in [-0.15, -0.1) is 0 Å². The van der Waals surface area contributed by atoms with Crippen molar-refractivity contribution in [1.82, 2.24) is 10.2 Å². The lowest BCUT2D eigenvalue weighted by Gasteiger charge is -2.18. The minimum Gasteiger partial charge on any atom is -0.497 e. The number of carbonyl (C=O) groups excluding carboxylic acids is 2. The Bertz CT molecular complexity index is 443. The third kappa shape index (κ3) is 5.01. The van der Waals surface area contributed by atoms with E-state index in [2.05, 4.69) is 5.32 Å². The van der Waals surface area contributed by atoms with Crippen LogP contribution >= 0.6 is 0 Å². The summed E-state index contributed by atoms with van der Waals surface area (Å²) in [6.07, 6.45) is 0. The molecule has 20 heavy (non-hydrogen) atoms. The number of ether oxygens (including phenoxy) is 1. The minimum atomic E-state index is -0.0584. The third-order valence-corrected chi connectivity index (χ3v) is 2.97. The van der Waals surface area contributed by atoms with Crippen molar-refractivity contribution in [3.05, 3.63) is 29.8 Å². The molecule has 1 aromatic rings. The first-order chi connectivity index (χ1) is 9.60. The smallest absolute Gasteiger partial charge is 0.234 e. The fourth-order valence-corrected chi connectivity index (χ4v) is 1.81. The highest BCUT2D eigenvalue weighted by Gasteiger charge is 2.14. The molecule has 5 heteroatoms. The molecule has 0 aliphatic heterocycles. The molecular formula is C15H22N2O3. The van der Waals surface area contributed by atoms with Crippen LogP contribution in [0.4, 0.5) is 0 Å². The van der Waals surface area contributed by atoms with Crippen LogP contribution in [0.1, 0.15) is 24.2 Å². The fourth-order valence-electron chi connectivity index (χ4n) is 1.81. The van der Waals surface area contributed by atoms with Gasteiger partial charge in [-0.2, -0.15) is 0 Å². The zero-order chi connectivity index (χ0) is 15.0. The second-order valence-corrected chi connectivity index (χ2v) is 4.41. The lowest BCUT2D eigenvalue weighted by atomic mass is 10.1. The number of ketones is 1. The number of rotatable bonds is 8. The Labute approximate surface area is 119 Å². The van der Waals surface area contributed by atoms with Crippen LogP contribution in [0.2, 0.25) is 0 Å². The topological polar surface area (TPSA) is 58.6 Å². The summed E-state index contributed by atoms with van der Waals surface area (Å²) in [6, 6.07) is 6.99. The molecule has 110 valence electrons. The number of likely N-dealkylation sites (N-methyl/N-ethyl adjacent to an activating group) is 2. The molecule has 0 aromatic heterocycles. The first-order valence-electron chi connectivity index (χ1n) is 6.77. The predicted molar refractivity (Wildman–Crippen MR) is 78.1 cm³/mol. The van der Waals surface area contributed by atoms with Crippen molar-refractivity contribution in [3.8, 4) is 5.75 Å². The van der Waals surface area contributed by atoms with Crippen molar-refractivity contribution in [2.45, 2.75) is 13.8 Å². The van der Waals surface area contributed by atoms with Gasteiger partial charge < -0.3 is 10.1 Å². The Kier molecular flexibility index (Phi) is 6.73. The SMILES string of the molecule is CCNC(=O)CN(CC)CC(=O)c1ccc(OC)cc1. The van der Waals surface area contributed by atoms with Gasteiger partial charge in [0.1, 0.15) is 5.75 Å². The van der Waals surface area contributed by atoms with E-state index in [1.54, 1.807) is 31.4 Å². The number of methoxy groups -OCH3 is 1. The van der Waals surface area contributed by atoms with Gasteiger partial charge in [-0.3, -0.25) is 14.5 Å². The highest BCUT2D eigenvalue weighted by molar-refractivity contribution is 5.98. The van der Waals surface area contributed by atoms with E-state index in [-0.39, 0.29) is 24.8 Å². The van der Waals surface area contributed by atoms with Gasteiger partial charge in [-0.05, 0) is 37.7 Å². The molecule has 0 radical (unpaired) electrons. The van der Waals surface area contributed by atoms with Crippen LogP contribution in [-0.4, -0.2) is 49.9 Å². The molecule has 0 spiro atoms. The van der Waals surface area contributed by atoms with Crippen molar-refractivity contribution >= 4 is 11.7 Å². The predicted octanol–water partition coefficient (Wildman–Crippen LogP) is 1.34. The number of amides is 1. The number of Topliss-reactive ketones (excluding diaryl/α,β-unsaturated/α-hetero) is 1. The highest BCUT2D eigenvalue weighted by Crippen LogP contribution is 2.12. The van der Waals surface area contributed by atoms with E-state index in [0.29, 0.717) is 18.7 Å². The summed E-state index contributed by atoms with van der Waals surface area (Å²) in [7, 11) is 1.59. The van der Waals surface area contributed by atoms with Crippen LogP contribution in [-0.2, 0) is 4.79 Å². The molecule has 0 heterocycles. The molecule has 1 aromatic carbocycles. The first kappa shape index (κ1) is 16.2. The quantitative estimate of drug-likeness (QED) is 0.729. The van der Waals surface area contributed by atoms with E-state index in [4.69, 9.17) is 4.74 Å².